The summed E-state index contributed by atoms with van der Waals surface area (Å²) in [5.41, 5.74) is 1.37. The topological polar surface area (TPSA) is 99.4 Å². The molecule has 0 radical (unpaired) electrons. The quantitative estimate of drug-likeness (QED) is 0.323. The lowest BCUT2D eigenvalue weighted by Gasteiger charge is -2.21. The normalized spacial score (nSPS) is 12.1. The van der Waals surface area contributed by atoms with Crippen molar-refractivity contribution in [3.63, 3.8) is 0 Å². The predicted octanol–water partition coefficient (Wildman–Crippen LogP) is 7.28. The maximum absolute atomic E-state index is 13.6. The molecule has 6 nitrogen and oxygen atoms in total. The summed E-state index contributed by atoms with van der Waals surface area (Å²) < 4.78 is 19.1. The van der Waals surface area contributed by atoms with Crippen LogP contribution in [0.1, 0.15) is 36.0 Å². The SMILES string of the molecule is CC.CCOP(=O)(Nc1cc(-c2ccc(C#N)cc2)sc1C(=O)O)c1ccc(Cl)cc1Cl. The van der Waals surface area contributed by atoms with E-state index in [2.05, 4.69) is 5.09 Å². The van der Waals surface area contributed by atoms with Crippen LogP contribution in [0.5, 0.6) is 0 Å². The van der Waals surface area contributed by atoms with Crippen LogP contribution < -0.4 is 10.4 Å². The van der Waals surface area contributed by atoms with Crippen LogP contribution in [-0.4, -0.2) is 17.7 Å². The van der Waals surface area contributed by atoms with Gasteiger partial charge in [0.2, 0.25) is 0 Å². The zero-order chi connectivity index (χ0) is 23.9. The van der Waals surface area contributed by atoms with Crippen LogP contribution in [0.4, 0.5) is 5.69 Å². The number of benzene rings is 2. The molecule has 0 bridgehead atoms. The zero-order valence-electron chi connectivity index (χ0n) is 17.6. The van der Waals surface area contributed by atoms with Crippen LogP contribution in [0.2, 0.25) is 10.0 Å². The summed E-state index contributed by atoms with van der Waals surface area (Å²) in [7, 11) is -3.75. The van der Waals surface area contributed by atoms with Crippen LogP contribution in [0.3, 0.4) is 0 Å². The van der Waals surface area contributed by atoms with Gasteiger partial charge in [-0.1, -0.05) is 49.2 Å². The molecule has 1 heterocycles. The van der Waals surface area contributed by atoms with E-state index in [0.29, 0.717) is 15.5 Å². The molecule has 2 aromatic carbocycles. The molecule has 1 atom stereocenters. The Kier molecular flexibility index (Phi) is 9.33. The summed E-state index contributed by atoms with van der Waals surface area (Å²) in [4.78, 5) is 12.4. The fourth-order valence-electron chi connectivity index (χ4n) is 2.71. The van der Waals surface area contributed by atoms with Crippen molar-refractivity contribution >= 4 is 59.0 Å². The van der Waals surface area contributed by atoms with Gasteiger partial charge in [0.25, 0.3) is 0 Å². The zero-order valence-corrected chi connectivity index (χ0v) is 20.8. The molecule has 0 saturated carbocycles. The Balaban J connectivity index is 0.00000176. The van der Waals surface area contributed by atoms with Crippen LogP contribution >= 0.6 is 42.1 Å². The molecule has 1 aromatic heterocycles. The third kappa shape index (κ3) is 5.92. The molecule has 0 fully saturated rings. The second-order valence-electron chi connectivity index (χ2n) is 6.02. The van der Waals surface area contributed by atoms with Gasteiger partial charge in [-0.05, 0) is 48.9 Å². The highest BCUT2D eigenvalue weighted by Crippen LogP contribution is 2.50. The lowest BCUT2D eigenvalue weighted by molar-refractivity contribution is 0.0703. The van der Waals surface area contributed by atoms with Crippen molar-refractivity contribution in [2.24, 2.45) is 0 Å². The minimum absolute atomic E-state index is 0.0284. The Bertz CT molecular complexity index is 1190. The van der Waals surface area contributed by atoms with Gasteiger partial charge >= 0.3 is 13.5 Å². The maximum atomic E-state index is 13.6. The highest BCUT2D eigenvalue weighted by Gasteiger charge is 2.31. The third-order valence-corrected chi connectivity index (χ3v) is 8.06. The monoisotopic (exact) mass is 510 g/mol. The number of hydrogen-bond donors (Lipinski definition) is 2. The summed E-state index contributed by atoms with van der Waals surface area (Å²) in [5, 5.41) is 22.1. The van der Waals surface area contributed by atoms with E-state index in [1.54, 1.807) is 37.3 Å². The second kappa shape index (κ2) is 11.5. The van der Waals surface area contributed by atoms with Crippen LogP contribution in [-0.2, 0) is 9.09 Å². The van der Waals surface area contributed by atoms with Crippen LogP contribution in [0.15, 0.2) is 48.5 Å². The molecule has 3 aromatic rings. The summed E-state index contributed by atoms with van der Waals surface area (Å²) in [5.74, 6) is -1.17. The number of carboxylic acid groups (broad SMARTS) is 1. The first-order chi connectivity index (χ1) is 15.3. The van der Waals surface area contributed by atoms with Crippen molar-refractivity contribution in [1.29, 1.82) is 5.26 Å². The first kappa shape index (κ1) is 25.9. The van der Waals surface area contributed by atoms with Crippen molar-refractivity contribution < 1.29 is 19.0 Å². The first-order valence-corrected chi connectivity index (χ1v) is 12.8. The summed E-state index contributed by atoms with van der Waals surface area (Å²) in [6, 6.07) is 14.8. The van der Waals surface area contributed by atoms with Gasteiger partial charge < -0.3 is 14.7 Å². The van der Waals surface area contributed by atoms with E-state index in [1.165, 1.54) is 18.2 Å². The van der Waals surface area contributed by atoms with Crippen LogP contribution in [0.25, 0.3) is 10.4 Å². The predicted molar refractivity (Wildman–Crippen MR) is 132 cm³/mol. The maximum Gasteiger partial charge on any atom is 0.348 e. The van der Waals surface area contributed by atoms with Crippen molar-refractivity contribution in [3.05, 3.63) is 69.0 Å². The number of anilines is 1. The Morgan fingerprint density at radius 1 is 1.19 bits per heavy atom. The van der Waals surface area contributed by atoms with Gasteiger partial charge in [0.1, 0.15) is 4.88 Å². The molecule has 0 aliphatic carbocycles. The van der Waals surface area contributed by atoms with Gasteiger partial charge in [-0.2, -0.15) is 5.26 Å². The van der Waals surface area contributed by atoms with E-state index >= 15 is 0 Å². The number of halogens is 2. The van der Waals surface area contributed by atoms with Gasteiger partial charge in [-0.25, -0.2) is 4.79 Å². The van der Waals surface area contributed by atoms with Gasteiger partial charge in [0.05, 0.1) is 34.3 Å². The molecule has 0 aliphatic rings. The molecular formula is C22H21Cl2N2O4PS. The minimum atomic E-state index is -3.75. The summed E-state index contributed by atoms with van der Waals surface area (Å²) in [6.45, 7) is 5.78. The van der Waals surface area contributed by atoms with E-state index in [0.717, 1.165) is 16.9 Å². The average Bonchev–Trinajstić information content (AvgIpc) is 3.19. The molecule has 3 rings (SSSR count). The van der Waals surface area contributed by atoms with Gasteiger partial charge in [0.15, 0.2) is 0 Å². The fraction of sp³-hybridized carbons (Fsp3) is 0.182. The van der Waals surface area contributed by atoms with Crippen molar-refractivity contribution in [1.82, 2.24) is 0 Å². The van der Waals surface area contributed by atoms with E-state index in [4.69, 9.17) is 33.0 Å². The molecule has 0 spiro atoms. The number of thiophene rings is 1. The Morgan fingerprint density at radius 3 is 2.38 bits per heavy atom. The van der Waals surface area contributed by atoms with E-state index in [1.807, 2.05) is 19.9 Å². The van der Waals surface area contributed by atoms with Gasteiger partial charge in [-0.15, -0.1) is 11.3 Å². The first-order valence-electron chi connectivity index (χ1n) is 9.63. The Labute approximate surface area is 200 Å². The molecule has 2 N–H and O–H groups in total. The molecule has 168 valence electrons. The molecule has 10 heteroatoms. The number of nitrogens with zero attached hydrogens (tertiary/aromatic N) is 1. The van der Waals surface area contributed by atoms with E-state index in [-0.39, 0.29) is 27.5 Å². The lowest BCUT2D eigenvalue weighted by atomic mass is 10.1. The standard InChI is InChI=1S/C20H15Cl2N2O4PS.C2H6/c1-2-28-29(27,17-8-7-14(21)9-15(17)22)24-16-10-18(30-19(16)20(25)26)13-5-3-12(11-23)4-6-13;1-2/h3-10H,2H2,1H3,(H,24,27)(H,25,26);1-2H3. The van der Waals surface area contributed by atoms with Crippen LogP contribution in [0, 0.1) is 11.3 Å². The molecule has 0 aliphatic heterocycles. The van der Waals surface area contributed by atoms with Gasteiger partial charge in [-0.3, -0.25) is 4.57 Å². The van der Waals surface area contributed by atoms with E-state index < -0.39 is 13.5 Å². The van der Waals surface area contributed by atoms with E-state index in [9.17, 15) is 14.5 Å². The highest BCUT2D eigenvalue weighted by molar-refractivity contribution is 7.68. The molecule has 0 saturated heterocycles. The lowest BCUT2D eigenvalue weighted by Crippen LogP contribution is -2.16. The van der Waals surface area contributed by atoms with Crippen molar-refractivity contribution in [3.8, 4) is 16.5 Å². The summed E-state index contributed by atoms with van der Waals surface area (Å²) in [6.07, 6.45) is 0. The second-order valence-corrected chi connectivity index (χ2v) is 9.99. The number of nitriles is 1. The minimum Gasteiger partial charge on any atom is -0.477 e. The largest absolute Gasteiger partial charge is 0.477 e. The number of nitrogens with one attached hydrogen (secondary N) is 1. The van der Waals surface area contributed by atoms with Gasteiger partial charge in [0, 0.05) is 9.90 Å². The molecule has 1 unspecified atom stereocenters. The number of rotatable bonds is 7. The molecule has 0 amide bonds. The molecule has 32 heavy (non-hydrogen) atoms. The van der Waals surface area contributed by atoms with Crippen molar-refractivity contribution in [2.75, 3.05) is 11.7 Å². The Hall–Kier alpha value is -2.33. The Morgan fingerprint density at radius 2 is 1.84 bits per heavy atom. The van der Waals surface area contributed by atoms with Crippen molar-refractivity contribution in [2.45, 2.75) is 20.8 Å². The fourth-order valence-corrected chi connectivity index (χ4v) is 6.28. The summed E-state index contributed by atoms with van der Waals surface area (Å²) >= 11 is 13.2. The number of aromatic carboxylic acids is 1. The number of carbonyl (C=O) groups is 1. The third-order valence-electron chi connectivity index (χ3n) is 4.03. The smallest absolute Gasteiger partial charge is 0.348 e. The number of hydrogen-bond acceptors (Lipinski definition) is 5. The average molecular weight is 511 g/mol. The number of carboxylic acids is 1. The molecular weight excluding hydrogens is 490 g/mol. The highest BCUT2D eigenvalue weighted by atomic mass is 35.5.